The highest BCUT2D eigenvalue weighted by atomic mass is 16.5. The monoisotopic (exact) mass is 271 g/mol. The van der Waals surface area contributed by atoms with E-state index in [1.807, 2.05) is 0 Å². The summed E-state index contributed by atoms with van der Waals surface area (Å²) in [4.78, 5) is 16.0. The van der Waals surface area contributed by atoms with Gasteiger partial charge in [0.2, 0.25) is 0 Å². The van der Waals surface area contributed by atoms with Gasteiger partial charge in [-0.3, -0.25) is 9.78 Å². The Morgan fingerprint density at radius 2 is 2.35 bits per heavy atom. The van der Waals surface area contributed by atoms with E-state index in [2.05, 4.69) is 31.8 Å². The summed E-state index contributed by atoms with van der Waals surface area (Å²) in [6.07, 6.45) is 4.85. The first kappa shape index (κ1) is 13.8. The summed E-state index contributed by atoms with van der Waals surface area (Å²) in [5, 5.41) is 15.1. The first-order valence-corrected chi connectivity index (χ1v) is 6.02. The number of hydrogen-bond acceptors (Lipinski definition) is 5. The normalized spacial score (nSPS) is 9.65. The molecule has 2 heterocycles. The van der Waals surface area contributed by atoms with Crippen LogP contribution in [0.2, 0.25) is 0 Å². The summed E-state index contributed by atoms with van der Waals surface area (Å²) >= 11 is 0. The van der Waals surface area contributed by atoms with Crippen molar-refractivity contribution in [2.75, 3.05) is 6.61 Å². The number of hydrogen-bond donors (Lipinski definition) is 2. The van der Waals surface area contributed by atoms with Crippen molar-refractivity contribution in [3.8, 4) is 11.8 Å². The minimum absolute atomic E-state index is 0.0129. The highest BCUT2D eigenvalue weighted by Gasteiger charge is 2.10. The zero-order valence-corrected chi connectivity index (χ0v) is 10.7. The molecule has 0 aliphatic heterocycles. The van der Waals surface area contributed by atoms with Gasteiger partial charge in [0.1, 0.15) is 12.0 Å². The van der Waals surface area contributed by atoms with Crippen molar-refractivity contribution < 1.29 is 14.4 Å². The molecule has 0 bridgehead atoms. The molecule has 2 N–H and O–H groups in total. The van der Waals surface area contributed by atoms with Crippen LogP contribution >= 0.6 is 0 Å². The third-order valence-electron chi connectivity index (χ3n) is 2.45. The van der Waals surface area contributed by atoms with E-state index in [-0.39, 0.29) is 19.1 Å². The number of rotatable bonds is 4. The van der Waals surface area contributed by atoms with Gasteiger partial charge in [0, 0.05) is 24.9 Å². The zero-order chi connectivity index (χ0) is 14.2. The van der Waals surface area contributed by atoms with Crippen LogP contribution in [0.4, 0.5) is 0 Å². The van der Waals surface area contributed by atoms with Gasteiger partial charge in [-0.05, 0) is 6.07 Å². The van der Waals surface area contributed by atoms with E-state index in [4.69, 9.17) is 5.11 Å². The fourth-order valence-electron chi connectivity index (χ4n) is 1.50. The van der Waals surface area contributed by atoms with Crippen LogP contribution in [0.1, 0.15) is 28.0 Å². The van der Waals surface area contributed by atoms with Gasteiger partial charge < -0.3 is 14.9 Å². The molecule has 1 amide bonds. The van der Waals surface area contributed by atoms with E-state index < -0.39 is 0 Å². The predicted octanol–water partition coefficient (Wildman–Crippen LogP) is 0.734. The lowest BCUT2D eigenvalue weighted by molar-refractivity contribution is 0.0949. The van der Waals surface area contributed by atoms with Gasteiger partial charge in [-0.25, -0.2) is 0 Å². The maximum atomic E-state index is 12.1. The molecular formula is C14H13N3O3. The van der Waals surface area contributed by atoms with E-state index in [0.29, 0.717) is 23.2 Å². The van der Waals surface area contributed by atoms with Crippen LogP contribution in [0.25, 0.3) is 0 Å². The van der Waals surface area contributed by atoms with Gasteiger partial charge in [0.05, 0.1) is 24.3 Å². The van der Waals surface area contributed by atoms with Crippen LogP contribution in [0.3, 0.4) is 0 Å². The zero-order valence-electron chi connectivity index (χ0n) is 10.7. The minimum atomic E-state index is -0.260. The summed E-state index contributed by atoms with van der Waals surface area (Å²) in [5.74, 6) is 5.33. The number of aromatic nitrogens is 2. The second-order valence-corrected chi connectivity index (χ2v) is 3.87. The summed E-state index contributed by atoms with van der Waals surface area (Å²) in [5.41, 5.74) is 1.60. The lowest BCUT2D eigenvalue weighted by Crippen LogP contribution is -2.23. The number of carbonyl (C=O) groups excluding carboxylic acids is 1. The predicted molar refractivity (Wildman–Crippen MR) is 70.5 cm³/mol. The number of amides is 1. The quantitative estimate of drug-likeness (QED) is 0.800. The van der Waals surface area contributed by atoms with Gasteiger partial charge in [-0.2, -0.15) is 0 Å². The van der Waals surface area contributed by atoms with Gasteiger partial charge in [0.25, 0.3) is 5.91 Å². The lowest BCUT2D eigenvalue weighted by atomic mass is 10.1. The van der Waals surface area contributed by atoms with E-state index in [9.17, 15) is 4.79 Å². The average Bonchev–Trinajstić information content (AvgIpc) is 2.99. The molecule has 0 saturated carbocycles. The van der Waals surface area contributed by atoms with Gasteiger partial charge in [-0.15, -0.1) is 0 Å². The van der Waals surface area contributed by atoms with Crippen molar-refractivity contribution >= 4 is 5.91 Å². The van der Waals surface area contributed by atoms with Crippen LogP contribution in [0, 0.1) is 11.8 Å². The van der Waals surface area contributed by atoms with E-state index >= 15 is 0 Å². The highest BCUT2D eigenvalue weighted by Crippen LogP contribution is 2.06. The molecule has 0 atom stereocenters. The molecule has 0 aromatic carbocycles. The fourth-order valence-corrected chi connectivity index (χ4v) is 1.50. The number of nitrogens with one attached hydrogen (secondary N) is 1. The molecule has 0 unspecified atom stereocenters. The molecule has 0 fully saturated rings. The van der Waals surface area contributed by atoms with Crippen LogP contribution in [-0.2, 0) is 6.54 Å². The van der Waals surface area contributed by atoms with E-state index in [0.717, 1.165) is 0 Å². The van der Waals surface area contributed by atoms with Crippen molar-refractivity contribution in [1.82, 2.24) is 15.5 Å². The second kappa shape index (κ2) is 7.07. The SMILES string of the molecule is O=C(NCc1ccon1)c1ccncc1C#CCCO. The maximum Gasteiger partial charge on any atom is 0.252 e. The number of aliphatic hydroxyl groups excluding tert-OH is 1. The van der Waals surface area contributed by atoms with Crippen LogP contribution in [-0.4, -0.2) is 27.8 Å². The Morgan fingerprint density at radius 1 is 1.45 bits per heavy atom. The van der Waals surface area contributed by atoms with E-state index in [1.165, 1.54) is 18.7 Å². The Kier molecular flexibility index (Phi) is 4.87. The van der Waals surface area contributed by atoms with Crippen LogP contribution in [0.5, 0.6) is 0 Å². The molecule has 2 rings (SSSR count). The van der Waals surface area contributed by atoms with E-state index in [1.54, 1.807) is 12.1 Å². The summed E-state index contributed by atoms with van der Waals surface area (Å²) < 4.78 is 4.68. The lowest BCUT2D eigenvalue weighted by Gasteiger charge is -2.04. The molecular weight excluding hydrogens is 258 g/mol. The summed E-state index contributed by atoms with van der Waals surface area (Å²) in [7, 11) is 0. The Hall–Kier alpha value is -2.65. The van der Waals surface area contributed by atoms with Gasteiger partial charge >= 0.3 is 0 Å². The Morgan fingerprint density at radius 3 is 3.10 bits per heavy atom. The largest absolute Gasteiger partial charge is 0.395 e. The average molecular weight is 271 g/mol. The van der Waals surface area contributed by atoms with Crippen molar-refractivity contribution in [2.24, 2.45) is 0 Å². The maximum absolute atomic E-state index is 12.1. The number of aliphatic hydroxyl groups is 1. The molecule has 2 aromatic rings. The first-order valence-electron chi connectivity index (χ1n) is 6.02. The van der Waals surface area contributed by atoms with Crippen molar-refractivity contribution in [1.29, 1.82) is 0 Å². The number of pyridine rings is 1. The standard InChI is InChI=1S/C14H13N3O3/c18-7-2-1-3-11-9-15-6-4-13(11)14(19)16-10-12-5-8-20-17-12/h4-6,8-9,18H,2,7,10H2,(H,16,19). The smallest absolute Gasteiger partial charge is 0.252 e. The molecule has 0 spiro atoms. The van der Waals surface area contributed by atoms with Crippen LogP contribution in [0.15, 0.2) is 35.3 Å². The molecule has 6 heteroatoms. The Labute approximate surface area is 115 Å². The topological polar surface area (TPSA) is 88.3 Å². The molecule has 0 aliphatic rings. The van der Waals surface area contributed by atoms with Crippen LogP contribution < -0.4 is 5.32 Å². The third kappa shape index (κ3) is 3.67. The number of nitrogens with zero attached hydrogens (tertiary/aromatic N) is 2. The first-order chi connectivity index (χ1) is 9.81. The number of carbonyl (C=O) groups is 1. The highest BCUT2D eigenvalue weighted by molar-refractivity contribution is 5.96. The fraction of sp³-hybridized carbons (Fsp3) is 0.214. The molecule has 2 aromatic heterocycles. The summed E-state index contributed by atoms with van der Waals surface area (Å²) in [6.45, 7) is 0.266. The molecule has 102 valence electrons. The molecule has 0 saturated heterocycles. The third-order valence-corrected chi connectivity index (χ3v) is 2.45. The van der Waals surface area contributed by atoms with Crippen molar-refractivity contribution in [3.05, 3.63) is 47.6 Å². The molecule has 6 nitrogen and oxygen atoms in total. The second-order valence-electron chi connectivity index (χ2n) is 3.87. The van der Waals surface area contributed by atoms with Crippen molar-refractivity contribution in [2.45, 2.75) is 13.0 Å². The minimum Gasteiger partial charge on any atom is -0.395 e. The molecule has 0 aliphatic carbocycles. The van der Waals surface area contributed by atoms with Crippen molar-refractivity contribution in [3.63, 3.8) is 0 Å². The van der Waals surface area contributed by atoms with Gasteiger partial charge in [-0.1, -0.05) is 17.0 Å². The Balaban J connectivity index is 2.07. The summed E-state index contributed by atoms with van der Waals surface area (Å²) in [6, 6.07) is 3.27. The molecule has 20 heavy (non-hydrogen) atoms. The molecule has 0 radical (unpaired) electrons. The Bertz CT molecular complexity index is 627. The van der Waals surface area contributed by atoms with Gasteiger partial charge in [0.15, 0.2) is 0 Å².